The molecule has 0 unspecified atom stereocenters. The van der Waals surface area contributed by atoms with E-state index in [1.165, 1.54) is 12.1 Å². The van der Waals surface area contributed by atoms with Crippen LogP contribution in [-0.4, -0.2) is 47.8 Å². The number of rotatable bonds is 4. The zero-order valence-electron chi connectivity index (χ0n) is 13.6. The quantitative estimate of drug-likeness (QED) is 0.916. The molecule has 3 rings (SSSR count). The molecule has 1 aromatic carbocycles. The van der Waals surface area contributed by atoms with Gasteiger partial charge < -0.3 is 14.7 Å². The monoisotopic (exact) mass is 339 g/mol. The number of amides is 1. The summed E-state index contributed by atoms with van der Waals surface area (Å²) in [4.78, 5) is 14.4. The van der Waals surface area contributed by atoms with Gasteiger partial charge in [0.1, 0.15) is 0 Å². The highest BCUT2D eigenvalue weighted by Gasteiger charge is 2.39. The molecule has 2 saturated heterocycles. The van der Waals surface area contributed by atoms with Crippen molar-refractivity contribution in [3.05, 3.63) is 35.4 Å². The average Bonchev–Trinajstić information content (AvgIpc) is 3.06. The molecule has 1 N–H and O–H groups in total. The Morgan fingerprint density at radius 3 is 2.96 bits per heavy atom. The number of carbonyl (C=O) groups is 1. The van der Waals surface area contributed by atoms with Crippen molar-refractivity contribution < 1.29 is 23.4 Å². The van der Waals surface area contributed by atoms with E-state index in [1.807, 2.05) is 0 Å². The van der Waals surface area contributed by atoms with Crippen LogP contribution in [0.2, 0.25) is 0 Å². The summed E-state index contributed by atoms with van der Waals surface area (Å²) < 4.78 is 32.4. The van der Waals surface area contributed by atoms with Crippen molar-refractivity contribution in [1.82, 2.24) is 4.90 Å². The van der Waals surface area contributed by atoms with Crippen molar-refractivity contribution in [2.45, 2.75) is 44.2 Å². The van der Waals surface area contributed by atoms with Crippen LogP contribution in [0.15, 0.2) is 18.2 Å². The first-order chi connectivity index (χ1) is 11.6. The van der Waals surface area contributed by atoms with Crippen molar-refractivity contribution in [3.63, 3.8) is 0 Å². The zero-order valence-corrected chi connectivity index (χ0v) is 13.6. The maximum atomic E-state index is 13.7. The van der Waals surface area contributed by atoms with E-state index in [0.717, 1.165) is 18.9 Å². The maximum absolute atomic E-state index is 13.7. The van der Waals surface area contributed by atoms with Crippen molar-refractivity contribution in [2.24, 2.45) is 5.92 Å². The largest absolute Gasteiger partial charge is 0.393 e. The summed E-state index contributed by atoms with van der Waals surface area (Å²) >= 11 is 0. The lowest BCUT2D eigenvalue weighted by Crippen LogP contribution is -2.48. The van der Waals surface area contributed by atoms with E-state index in [1.54, 1.807) is 4.90 Å². The van der Waals surface area contributed by atoms with Crippen LogP contribution in [0.4, 0.5) is 8.78 Å². The van der Waals surface area contributed by atoms with Gasteiger partial charge in [-0.3, -0.25) is 4.79 Å². The van der Waals surface area contributed by atoms with Gasteiger partial charge in [-0.25, -0.2) is 8.78 Å². The van der Waals surface area contributed by atoms with Gasteiger partial charge in [-0.05, 0) is 37.3 Å². The molecule has 3 atom stereocenters. The van der Waals surface area contributed by atoms with E-state index in [2.05, 4.69) is 0 Å². The van der Waals surface area contributed by atoms with Crippen LogP contribution < -0.4 is 0 Å². The summed E-state index contributed by atoms with van der Waals surface area (Å²) in [6, 6.07) is 4.00. The van der Waals surface area contributed by atoms with Gasteiger partial charge in [0.25, 0.3) is 0 Å². The first-order valence-electron chi connectivity index (χ1n) is 8.56. The Bertz CT molecular complexity index is 596. The van der Waals surface area contributed by atoms with Crippen LogP contribution in [0, 0.1) is 17.6 Å². The molecule has 2 aliphatic heterocycles. The molecule has 132 valence electrons. The van der Waals surface area contributed by atoms with E-state index < -0.39 is 17.7 Å². The van der Waals surface area contributed by atoms with Crippen molar-refractivity contribution in [2.75, 3.05) is 19.8 Å². The zero-order chi connectivity index (χ0) is 17.1. The van der Waals surface area contributed by atoms with Gasteiger partial charge in [0, 0.05) is 31.5 Å². The first kappa shape index (κ1) is 17.3. The number of nitrogens with zero attached hydrogens (tertiary/aromatic N) is 1. The molecule has 0 saturated carbocycles. The third-order valence-corrected chi connectivity index (χ3v) is 5.12. The average molecular weight is 339 g/mol. The fourth-order valence-corrected chi connectivity index (χ4v) is 3.79. The Labute approximate surface area is 140 Å². The van der Waals surface area contributed by atoms with Crippen LogP contribution >= 0.6 is 0 Å². The fraction of sp³-hybridized carbons (Fsp3) is 0.611. The Morgan fingerprint density at radius 1 is 1.33 bits per heavy atom. The van der Waals surface area contributed by atoms with Crippen molar-refractivity contribution in [3.8, 4) is 0 Å². The Hall–Kier alpha value is -1.53. The molecule has 24 heavy (non-hydrogen) atoms. The Kier molecular flexibility index (Phi) is 5.46. The Morgan fingerprint density at radius 2 is 2.17 bits per heavy atom. The molecule has 2 fully saturated rings. The van der Waals surface area contributed by atoms with Gasteiger partial charge >= 0.3 is 0 Å². The minimum atomic E-state index is -0.888. The van der Waals surface area contributed by atoms with Crippen LogP contribution in [0.3, 0.4) is 0 Å². The number of hydrogen-bond acceptors (Lipinski definition) is 3. The molecular formula is C18H23F2NO3. The number of likely N-dealkylation sites (tertiary alicyclic amines) is 1. The van der Waals surface area contributed by atoms with Crippen LogP contribution in [-0.2, 0) is 16.0 Å². The number of aliphatic hydroxyl groups is 1. The van der Waals surface area contributed by atoms with Crippen molar-refractivity contribution in [1.29, 1.82) is 0 Å². The highest BCUT2D eigenvalue weighted by Crippen LogP contribution is 2.30. The minimum absolute atomic E-state index is 0.0230. The van der Waals surface area contributed by atoms with E-state index in [9.17, 15) is 18.7 Å². The number of halogens is 2. The maximum Gasteiger partial charge on any atom is 0.223 e. The molecule has 2 heterocycles. The van der Waals surface area contributed by atoms with Gasteiger partial charge in [-0.1, -0.05) is 12.1 Å². The molecule has 4 nitrogen and oxygen atoms in total. The SMILES string of the molecule is O=C(CCc1cccc(F)c1F)N1CCC[C@@H]1[C@H]1COCC[C@H]1O. The lowest BCUT2D eigenvalue weighted by atomic mass is 9.89. The molecule has 2 aliphatic rings. The lowest BCUT2D eigenvalue weighted by Gasteiger charge is -2.37. The van der Waals surface area contributed by atoms with E-state index >= 15 is 0 Å². The number of aliphatic hydroxyl groups excluding tert-OH is 1. The van der Waals surface area contributed by atoms with Gasteiger partial charge in [-0.2, -0.15) is 0 Å². The molecule has 6 heteroatoms. The molecular weight excluding hydrogens is 316 g/mol. The summed E-state index contributed by atoms with van der Waals surface area (Å²) in [5, 5.41) is 10.2. The van der Waals surface area contributed by atoms with Gasteiger partial charge in [0.05, 0.1) is 12.7 Å². The van der Waals surface area contributed by atoms with Gasteiger partial charge in [0.15, 0.2) is 11.6 Å². The van der Waals surface area contributed by atoms with E-state index in [0.29, 0.717) is 26.2 Å². The number of ether oxygens (including phenoxy) is 1. The smallest absolute Gasteiger partial charge is 0.223 e. The topological polar surface area (TPSA) is 49.8 Å². The minimum Gasteiger partial charge on any atom is -0.393 e. The second kappa shape index (κ2) is 7.57. The number of hydrogen-bond donors (Lipinski definition) is 1. The normalized spacial score (nSPS) is 27.5. The predicted molar refractivity (Wildman–Crippen MR) is 84.3 cm³/mol. The van der Waals surface area contributed by atoms with Crippen molar-refractivity contribution >= 4 is 5.91 Å². The fourth-order valence-electron chi connectivity index (χ4n) is 3.79. The molecule has 0 spiro atoms. The number of benzene rings is 1. The Balaban J connectivity index is 1.62. The summed E-state index contributed by atoms with van der Waals surface area (Å²) in [6.07, 6.45) is 2.21. The summed E-state index contributed by atoms with van der Waals surface area (Å²) in [6.45, 7) is 1.67. The van der Waals surface area contributed by atoms with Crippen LogP contribution in [0.1, 0.15) is 31.2 Å². The third-order valence-electron chi connectivity index (χ3n) is 5.12. The second-order valence-electron chi connectivity index (χ2n) is 6.60. The van der Waals surface area contributed by atoms with Crippen LogP contribution in [0.25, 0.3) is 0 Å². The summed E-state index contributed by atoms with van der Waals surface area (Å²) in [5.41, 5.74) is 0.222. The second-order valence-corrected chi connectivity index (χ2v) is 6.60. The van der Waals surface area contributed by atoms with E-state index in [-0.39, 0.29) is 36.3 Å². The lowest BCUT2D eigenvalue weighted by molar-refractivity contribution is -0.136. The molecule has 0 aromatic heterocycles. The summed E-state index contributed by atoms with van der Waals surface area (Å²) in [7, 11) is 0. The number of carbonyl (C=O) groups excluding carboxylic acids is 1. The predicted octanol–water partition coefficient (Wildman–Crippen LogP) is 2.29. The molecule has 1 aromatic rings. The highest BCUT2D eigenvalue weighted by molar-refractivity contribution is 5.77. The van der Waals surface area contributed by atoms with Gasteiger partial charge in [0.2, 0.25) is 5.91 Å². The first-order valence-corrected chi connectivity index (χ1v) is 8.56. The highest BCUT2D eigenvalue weighted by atomic mass is 19.2. The number of aryl methyl sites for hydroxylation is 1. The molecule has 0 radical (unpaired) electrons. The molecule has 0 aliphatic carbocycles. The van der Waals surface area contributed by atoms with E-state index in [4.69, 9.17) is 4.74 Å². The third kappa shape index (κ3) is 3.59. The van der Waals surface area contributed by atoms with Crippen LogP contribution in [0.5, 0.6) is 0 Å². The van der Waals surface area contributed by atoms with Gasteiger partial charge in [-0.15, -0.1) is 0 Å². The molecule has 0 bridgehead atoms. The molecule has 1 amide bonds. The summed E-state index contributed by atoms with van der Waals surface area (Å²) in [5.74, 6) is -1.89. The standard InChI is InChI=1S/C18H23F2NO3/c19-14-4-1-3-12(18(14)20)6-7-17(23)21-9-2-5-15(21)13-11-24-10-8-16(13)22/h1,3-4,13,15-16,22H,2,5-11H2/t13-,15-,16-/m1/s1.